The van der Waals surface area contributed by atoms with Crippen molar-refractivity contribution in [3.63, 3.8) is 0 Å². The van der Waals surface area contributed by atoms with Gasteiger partial charge in [-0.05, 0) is 12.5 Å². The van der Waals surface area contributed by atoms with Gasteiger partial charge in [0.2, 0.25) is 15.9 Å². The summed E-state index contributed by atoms with van der Waals surface area (Å²) in [5, 5.41) is 7.13. The standard InChI is InChI=1S/C13H22N4O3S/c1-10(2)13(18)14-6-4-11-8-16(21(3,19)20)9-12-5-7-15-17(11)12/h5,7,10-11H,4,6,8-9H2,1-3H3,(H,14,18)/t11-/m1/s1. The number of rotatable bonds is 5. The predicted octanol–water partition coefficient (Wildman–Crippen LogP) is 0.362. The number of hydrogen-bond acceptors (Lipinski definition) is 4. The summed E-state index contributed by atoms with van der Waals surface area (Å²) < 4.78 is 26.8. The lowest BCUT2D eigenvalue weighted by Crippen LogP contribution is -2.42. The van der Waals surface area contributed by atoms with E-state index in [1.807, 2.05) is 24.6 Å². The van der Waals surface area contributed by atoms with Crippen molar-refractivity contribution in [3.05, 3.63) is 18.0 Å². The molecule has 2 rings (SSSR count). The Labute approximate surface area is 125 Å². The summed E-state index contributed by atoms with van der Waals surface area (Å²) in [4.78, 5) is 11.6. The van der Waals surface area contributed by atoms with Crippen LogP contribution in [-0.2, 0) is 21.4 Å². The molecule has 1 aliphatic heterocycles. The fourth-order valence-corrected chi connectivity index (χ4v) is 3.20. The Morgan fingerprint density at radius 2 is 2.24 bits per heavy atom. The van der Waals surface area contributed by atoms with Crippen LogP contribution in [0.4, 0.5) is 0 Å². The molecule has 0 aliphatic carbocycles. The van der Waals surface area contributed by atoms with Crippen LogP contribution in [0.5, 0.6) is 0 Å². The molecule has 0 aromatic carbocycles. The molecule has 0 bridgehead atoms. The smallest absolute Gasteiger partial charge is 0.222 e. The van der Waals surface area contributed by atoms with Crippen molar-refractivity contribution >= 4 is 15.9 Å². The third-order valence-corrected chi connectivity index (χ3v) is 4.84. The number of fused-ring (bicyclic) bond motifs is 1. The highest BCUT2D eigenvalue weighted by atomic mass is 32.2. The summed E-state index contributed by atoms with van der Waals surface area (Å²) in [6.45, 7) is 4.94. The summed E-state index contributed by atoms with van der Waals surface area (Å²) in [5.74, 6) is -0.0457. The molecule has 0 unspecified atom stereocenters. The van der Waals surface area contributed by atoms with Crippen LogP contribution < -0.4 is 5.32 Å². The van der Waals surface area contributed by atoms with Crippen LogP contribution in [0.25, 0.3) is 0 Å². The first-order chi connectivity index (χ1) is 9.79. The highest BCUT2D eigenvalue weighted by molar-refractivity contribution is 7.88. The van der Waals surface area contributed by atoms with Gasteiger partial charge in [-0.3, -0.25) is 9.48 Å². The minimum atomic E-state index is -3.23. The van der Waals surface area contributed by atoms with Gasteiger partial charge >= 0.3 is 0 Å². The number of nitrogens with one attached hydrogen (secondary N) is 1. The molecule has 21 heavy (non-hydrogen) atoms. The van der Waals surface area contributed by atoms with E-state index < -0.39 is 10.0 Å². The molecule has 1 amide bonds. The van der Waals surface area contributed by atoms with E-state index in [0.29, 0.717) is 26.1 Å². The minimum Gasteiger partial charge on any atom is -0.356 e. The molecule has 7 nitrogen and oxygen atoms in total. The van der Waals surface area contributed by atoms with Crippen molar-refractivity contribution < 1.29 is 13.2 Å². The largest absolute Gasteiger partial charge is 0.356 e. The van der Waals surface area contributed by atoms with Gasteiger partial charge in [0.25, 0.3) is 0 Å². The van der Waals surface area contributed by atoms with E-state index in [9.17, 15) is 13.2 Å². The summed E-state index contributed by atoms with van der Waals surface area (Å²) in [7, 11) is -3.23. The van der Waals surface area contributed by atoms with Crippen LogP contribution in [-0.4, -0.2) is 47.8 Å². The summed E-state index contributed by atoms with van der Waals surface area (Å²) in [5.41, 5.74) is 0.881. The average molecular weight is 314 g/mol. The lowest BCUT2D eigenvalue weighted by molar-refractivity contribution is -0.124. The van der Waals surface area contributed by atoms with E-state index in [4.69, 9.17) is 0 Å². The number of amides is 1. The topological polar surface area (TPSA) is 84.3 Å². The molecule has 1 atom stereocenters. The summed E-state index contributed by atoms with van der Waals surface area (Å²) in [6.07, 6.45) is 3.55. The average Bonchev–Trinajstić information content (AvgIpc) is 2.85. The second kappa shape index (κ2) is 6.15. The van der Waals surface area contributed by atoms with Gasteiger partial charge in [-0.15, -0.1) is 0 Å². The zero-order chi connectivity index (χ0) is 15.6. The molecule has 1 aromatic rings. The van der Waals surface area contributed by atoms with Gasteiger partial charge in [0, 0.05) is 25.2 Å². The van der Waals surface area contributed by atoms with Gasteiger partial charge in [0.05, 0.1) is 24.5 Å². The van der Waals surface area contributed by atoms with Crippen molar-refractivity contribution in [2.75, 3.05) is 19.3 Å². The molecule has 0 spiro atoms. The minimum absolute atomic E-state index is 0.00599. The molecular formula is C13H22N4O3S. The van der Waals surface area contributed by atoms with Gasteiger partial charge in [0.1, 0.15) is 0 Å². The normalized spacial score (nSPS) is 19.5. The molecule has 0 fully saturated rings. The van der Waals surface area contributed by atoms with E-state index in [1.54, 1.807) is 6.20 Å². The fraction of sp³-hybridized carbons (Fsp3) is 0.692. The molecule has 0 radical (unpaired) electrons. The van der Waals surface area contributed by atoms with Crippen LogP contribution in [0.2, 0.25) is 0 Å². The number of nitrogens with zero attached hydrogens (tertiary/aromatic N) is 3. The van der Waals surface area contributed by atoms with Gasteiger partial charge < -0.3 is 5.32 Å². The molecule has 0 saturated carbocycles. The number of carbonyl (C=O) groups excluding carboxylic acids is 1. The second-order valence-electron chi connectivity index (χ2n) is 5.71. The van der Waals surface area contributed by atoms with E-state index in [0.717, 1.165) is 5.69 Å². The highest BCUT2D eigenvalue weighted by Gasteiger charge is 2.30. The number of aromatic nitrogens is 2. The van der Waals surface area contributed by atoms with Gasteiger partial charge in [-0.1, -0.05) is 13.8 Å². The quantitative estimate of drug-likeness (QED) is 0.850. The molecule has 2 heterocycles. The van der Waals surface area contributed by atoms with E-state index in [2.05, 4.69) is 10.4 Å². The molecule has 118 valence electrons. The Kier molecular flexibility index (Phi) is 4.67. The van der Waals surface area contributed by atoms with Crippen LogP contribution in [0.1, 0.15) is 32.0 Å². The Morgan fingerprint density at radius 1 is 1.52 bits per heavy atom. The Hall–Kier alpha value is -1.41. The SMILES string of the molecule is CC(C)C(=O)NCC[C@@H]1CN(S(C)(=O)=O)Cc2ccnn21. The van der Waals surface area contributed by atoms with Gasteiger partial charge in [0.15, 0.2) is 0 Å². The molecule has 8 heteroatoms. The maximum Gasteiger partial charge on any atom is 0.222 e. The van der Waals surface area contributed by atoms with Crippen LogP contribution in [0.3, 0.4) is 0 Å². The lowest BCUT2D eigenvalue weighted by Gasteiger charge is -2.32. The van der Waals surface area contributed by atoms with E-state index in [-0.39, 0.29) is 17.9 Å². The molecule has 1 N–H and O–H groups in total. The van der Waals surface area contributed by atoms with Crippen molar-refractivity contribution in [1.29, 1.82) is 0 Å². The zero-order valence-electron chi connectivity index (χ0n) is 12.6. The third-order valence-electron chi connectivity index (χ3n) is 3.62. The first-order valence-corrected chi connectivity index (χ1v) is 8.89. The number of hydrogen-bond donors (Lipinski definition) is 1. The van der Waals surface area contributed by atoms with Crippen LogP contribution in [0, 0.1) is 5.92 Å². The Balaban J connectivity index is 2.03. The summed E-state index contributed by atoms with van der Waals surface area (Å²) in [6, 6.07) is 1.78. The maximum atomic E-state index is 11.8. The maximum absolute atomic E-state index is 11.8. The fourth-order valence-electron chi connectivity index (χ4n) is 2.39. The molecular weight excluding hydrogens is 292 g/mol. The Bertz CT molecular complexity index is 609. The molecule has 1 aromatic heterocycles. The zero-order valence-corrected chi connectivity index (χ0v) is 13.4. The first kappa shape index (κ1) is 16.0. The molecule has 0 saturated heterocycles. The van der Waals surface area contributed by atoms with Gasteiger partial charge in [-0.25, -0.2) is 8.42 Å². The van der Waals surface area contributed by atoms with Crippen LogP contribution >= 0.6 is 0 Å². The predicted molar refractivity (Wildman–Crippen MR) is 79.0 cm³/mol. The Morgan fingerprint density at radius 3 is 2.86 bits per heavy atom. The third kappa shape index (κ3) is 3.82. The van der Waals surface area contributed by atoms with Gasteiger partial charge in [-0.2, -0.15) is 9.40 Å². The van der Waals surface area contributed by atoms with Crippen molar-refractivity contribution in [1.82, 2.24) is 19.4 Å². The van der Waals surface area contributed by atoms with E-state index in [1.165, 1.54) is 10.6 Å². The number of carbonyl (C=O) groups is 1. The van der Waals surface area contributed by atoms with Crippen molar-refractivity contribution in [3.8, 4) is 0 Å². The van der Waals surface area contributed by atoms with E-state index >= 15 is 0 Å². The van der Waals surface area contributed by atoms with Crippen molar-refractivity contribution in [2.24, 2.45) is 5.92 Å². The molecule has 1 aliphatic rings. The lowest BCUT2D eigenvalue weighted by atomic mass is 10.1. The monoisotopic (exact) mass is 314 g/mol. The first-order valence-electron chi connectivity index (χ1n) is 7.04. The summed E-state index contributed by atoms with van der Waals surface area (Å²) >= 11 is 0. The second-order valence-corrected chi connectivity index (χ2v) is 7.69. The number of sulfonamides is 1. The highest BCUT2D eigenvalue weighted by Crippen LogP contribution is 2.24. The van der Waals surface area contributed by atoms with Crippen LogP contribution in [0.15, 0.2) is 12.3 Å². The van der Waals surface area contributed by atoms with Crippen molar-refractivity contribution in [2.45, 2.75) is 32.9 Å².